The molecule has 0 radical (unpaired) electrons. The number of carbonyl (C=O) groups is 1. The van der Waals surface area contributed by atoms with Crippen LogP contribution < -0.4 is 10.6 Å². The lowest BCUT2D eigenvalue weighted by Gasteiger charge is -2.06. The normalized spacial score (nSPS) is 10.4. The maximum atomic E-state index is 11.0. The summed E-state index contributed by atoms with van der Waals surface area (Å²) in [7, 11) is 1.67. The molecular weight excluding hydrogens is 232 g/mol. The summed E-state index contributed by atoms with van der Waals surface area (Å²) in [6.45, 7) is 0.822. The van der Waals surface area contributed by atoms with Gasteiger partial charge in [-0.05, 0) is 41.5 Å². The maximum Gasteiger partial charge on any atom is 0.219 e. The zero-order valence-electron chi connectivity index (χ0n) is 9.82. The fourth-order valence-electron chi connectivity index (χ4n) is 1.68. The molecule has 0 aliphatic carbocycles. The quantitative estimate of drug-likeness (QED) is 0.799. The van der Waals surface area contributed by atoms with Crippen molar-refractivity contribution in [1.29, 1.82) is 0 Å². The van der Waals surface area contributed by atoms with Crippen molar-refractivity contribution < 1.29 is 4.79 Å². The summed E-state index contributed by atoms with van der Waals surface area (Å²) in [5.74, 6) is 0.0973. The van der Waals surface area contributed by atoms with Crippen LogP contribution >= 0.6 is 11.3 Å². The molecule has 4 heteroatoms. The minimum Gasteiger partial charge on any atom is -0.385 e. The van der Waals surface area contributed by atoms with Gasteiger partial charge in [0.1, 0.15) is 0 Å². The maximum absolute atomic E-state index is 11.0. The number of carbonyl (C=O) groups excluding carboxylic acids is 1. The van der Waals surface area contributed by atoms with Gasteiger partial charge >= 0.3 is 0 Å². The smallest absolute Gasteiger partial charge is 0.219 e. The molecule has 17 heavy (non-hydrogen) atoms. The number of amides is 1. The number of hydrogen-bond donors (Lipinski definition) is 2. The lowest BCUT2D eigenvalue weighted by atomic mass is 10.2. The predicted molar refractivity (Wildman–Crippen MR) is 73.6 cm³/mol. The minimum absolute atomic E-state index is 0.0973. The van der Waals surface area contributed by atoms with E-state index in [2.05, 4.69) is 40.3 Å². The van der Waals surface area contributed by atoms with E-state index in [4.69, 9.17) is 0 Å². The summed E-state index contributed by atoms with van der Waals surface area (Å²) in [5.41, 5.74) is 1.12. The van der Waals surface area contributed by atoms with Gasteiger partial charge in [0, 0.05) is 30.4 Å². The third-order valence-corrected chi connectivity index (χ3v) is 3.54. The van der Waals surface area contributed by atoms with Crippen LogP contribution in [0.15, 0.2) is 29.6 Å². The van der Waals surface area contributed by atoms with E-state index in [0.29, 0.717) is 6.42 Å². The van der Waals surface area contributed by atoms with Crippen molar-refractivity contribution in [3.8, 4) is 0 Å². The summed E-state index contributed by atoms with van der Waals surface area (Å²) in [5, 5.41) is 9.32. The Balaban J connectivity index is 1.84. The molecule has 0 saturated heterocycles. The van der Waals surface area contributed by atoms with E-state index in [9.17, 15) is 4.79 Å². The van der Waals surface area contributed by atoms with E-state index in [1.54, 1.807) is 18.4 Å². The van der Waals surface area contributed by atoms with Gasteiger partial charge in [-0.15, -0.1) is 11.3 Å². The van der Waals surface area contributed by atoms with Gasteiger partial charge in [-0.3, -0.25) is 4.79 Å². The Hall–Kier alpha value is -1.55. The number of anilines is 1. The van der Waals surface area contributed by atoms with E-state index in [-0.39, 0.29) is 5.91 Å². The van der Waals surface area contributed by atoms with Gasteiger partial charge < -0.3 is 10.6 Å². The van der Waals surface area contributed by atoms with E-state index >= 15 is 0 Å². The van der Waals surface area contributed by atoms with E-state index in [1.165, 1.54) is 10.1 Å². The van der Waals surface area contributed by atoms with Crippen molar-refractivity contribution in [1.82, 2.24) is 5.32 Å². The molecule has 0 unspecified atom stereocenters. The average molecular weight is 248 g/mol. The third kappa shape index (κ3) is 3.20. The highest BCUT2D eigenvalue weighted by Gasteiger charge is 1.99. The van der Waals surface area contributed by atoms with Crippen LogP contribution in [0.3, 0.4) is 0 Å². The fourth-order valence-corrected chi connectivity index (χ4v) is 2.45. The van der Waals surface area contributed by atoms with Crippen LogP contribution in [0.1, 0.15) is 12.8 Å². The second kappa shape index (κ2) is 5.68. The van der Waals surface area contributed by atoms with E-state index in [1.807, 2.05) is 0 Å². The number of hydrogen-bond acceptors (Lipinski definition) is 3. The number of rotatable bonds is 5. The van der Waals surface area contributed by atoms with Gasteiger partial charge in [0.05, 0.1) is 0 Å². The monoisotopic (exact) mass is 248 g/mol. The molecule has 0 spiro atoms. The zero-order chi connectivity index (χ0) is 12.1. The molecule has 0 aliphatic rings. The van der Waals surface area contributed by atoms with Crippen LogP contribution in [-0.4, -0.2) is 19.5 Å². The van der Waals surface area contributed by atoms with Crippen LogP contribution in [-0.2, 0) is 4.79 Å². The summed E-state index contributed by atoms with van der Waals surface area (Å²) < 4.78 is 1.31. The lowest BCUT2D eigenvalue weighted by Crippen LogP contribution is -2.18. The van der Waals surface area contributed by atoms with Crippen LogP contribution in [0.2, 0.25) is 0 Å². The van der Waals surface area contributed by atoms with Crippen LogP contribution in [0.25, 0.3) is 10.1 Å². The fraction of sp³-hybridized carbons (Fsp3) is 0.308. The van der Waals surface area contributed by atoms with Gasteiger partial charge in [-0.2, -0.15) is 0 Å². The second-order valence-electron chi connectivity index (χ2n) is 3.88. The molecule has 2 rings (SSSR count). The Kier molecular flexibility index (Phi) is 3.98. The van der Waals surface area contributed by atoms with Crippen molar-refractivity contribution in [3.05, 3.63) is 29.6 Å². The molecule has 0 bridgehead atoms. The van der Waals surface area contributed by atoms with Crippen LogP contribution in [0, 0.1) is 0 Å². The molecule has 1 heterocycles. The molecule has 90 valence electrons. The SMILES string of the molecule is CNC(=O)CCCNc1ccc2sccc2c1. The Labute approximate surface area is 105 Å². The number of nitrogens with one attached hydrogen (secondary N) is 2. The number of fused-ring (bicyclic) bond motifs is 1. The topological polar surface area (TPSA) is 41.1 Å². The highest BCUT2D eigenvalue weighted by atomic mass is 32.1. The summed E-state index contributed by atoms with van der Waals surface area (Å²) in [6, 6.07) is 8.47. The Morgan fingerprint density at radius 1 is 1.35 bits per heavy atom. The van der Waals surface area contributed by atoms with E-state index < -0.39 is 0 Å². The molecule has 0 atom stereocenters. The molecule has 2 N–H and O–H groups in total. The highest BCUT2D eigenvalue weighted by Crippen LogP contribution is 2.23. The highest BCUT2D eigenvalue weighted by molar-refractivity contribution is 7.17. The molecule has 1 aromatic carbocycles. The second-order valence-corrected chi connectivity index (χ2v) is 4.82. The van der Waals surface area contributed by atoms with Gasteiger partial charge in [-0.25, -0.2) is 0 Å². The van der Waals surface area contributed by atoms with E-state index in [0.717, 1.165) is 18.7 Å². The zero-order valence-corrected chi connectivity index (χ0v) is 10.6. The van der Waals surface area contributed by atoms with Crippen molar-refractivity contribution in [2.24, 2.45) is 0 Å². The number of benzene rings is 1. The number of thiophene rings is 1. The Bertz CT molecular complexity index is 507. The van der Waals surface area contributed by atoms with Crippen molar-refractivity contribution in [2.75, 3.05) is 18.9 Å². The average Bonchev–Trinajstić information content (AvgIpc) is 2.81. The minimum atomic E-state index is 0.0973. The third-order valence-electron chi connectivity index (χ3n) is 2.64. The largest absolute Gasteiger partial charge is 0.385 e. The van der Waals surface area contributed by atoms with Gasteiger partial charge in [-0.1, -0.05) is 0 Å². The molecule has 2 aromatic rings. The first-order chi connectivity index (χ1) is 8.29. The summed E-state index contributed by atoms with van der Waals surface area (Å²) in [4.78, 5) is 11.0. The van der Waals surface area contributed by atoms with Crippen LogP contribution in [0.4, 0.5) is 5.69 Å². The molecule has 3 nitrogen and oxygen atoms in total. The van der Waals surface area contributed by atoms with Crippen LogP contribution in [0.5, 0.6) is 0 Å². The summed E-state index contributed by atoms with van der Waals surface area (Å²) in [6.07, 6.45) is 1.42. The molecule has 0 fully saturated rings. The Morgan fingerprint density at radius 3 is 3.06 bits per heavy atom. The standard InChI is InChI=1S/C13H16N2OS/c1-14-13(16)3-2-7-15-11-4-5-12-10(9-11)6-8-17-12/h4-6,8-9,15H,2-3,7H2,1H3,(H,14,16). The lowest BCUT2D eigenvalue weighted by molar-refractivity contribution is -0.120. The predicted octanol–water partition coefficient (Wildman–Crippen LogP) is 2.84. The molecular formula is C13H16N2OS. The summed E-state index contributed by atoms with van der Waals surface area (Å²) >= 11 is 1.75. The van der Waals surface area contributed by atoms with Crippen molar-refractivity contribution in [2.45, 2.75) is 12.8 Å². The first kappa shape index (κ1) is 11.9. The van der Waals surface area contributed by atoms with Gasteiger partial charge in [0.2, 0.25) is 5.91 Å². The molecule has 0 aliphatic heterocycles. The molecule has 1 aromatic heterocycles. The van der Waals surface area contributed by atoms with Crippen molar-refractivity contribution >= 4 is 33.0 Å². The molecule has 1 amide bonds. The molecule has 0 saturated carbocycles. The van der Waals surface area contributed by atoms with Gasteiger partial charge in [0.25, 0.3) is 0 Å². The van der Waals surface area contributed by atoms with Gasteiger partial charge in [0.15, 0.2) is 0 Å². The first-order valence-corrected chi connectivity index (χ1v) is 6.59. The first-order valence-electron chi connectivity index (χ1n) is 5.71. The van der Waals surface area contributed by atoms with Crippen molar-refractivity contribution in [3.63, 3.8) is 0 Å². The Morgan fingerprint density at radius 2 is 2.24 bits per heavy atom.